The van der Waals surface area contributed by atoms with Crippen LogP contribution < -0.4 is 10.1 Å². The molecule has 4 rings (SSSR count). The second-order valence-electron chi connectivity index (χ2n) is 5.14. The fraction of sp³-hybridized carbons (Fsp3) is 0.0625. The van der Waals surface area contributed by atoms with Gasteiger partial charge in [0, 0.05) is 10.8 Å². The van der Waals surface area contributed by atoms with Gasteiger partial charge in [-0.3, -0.25) is 9.89 Å². The highest BCUT2D eigenvalue weighted by molar-refractivity contribution is 6.29. The molecule has 0 aliphatic carbocycles. The molecule has 0 spiro atoms. The first-order valence-electron chi connectivity index (χ1n) is 6.79. The molecule has 1 aromatic carbocycles. The number of fused-ring (bicyclic) bond motifs is 3. The van der Waals surface area contributed by atoms with E-state index in [2.05, 4.69) is 10.1 Å². The molecule has 4 aromatic rings. The lowest BCUT2D eigenvalue weighted by molar-refractivity contribution is -0.644. The van der Waals surface area contributed by atoms with Crippen LogP contribution in [0.2, 0.25) is 5.15 Å². The molecule has 22 heavy (non-hydrogen) atoms. The van der Waals surface area contributed by atoms with E-state index >= 15 is 0 Å². The largest absolute Gasteiger partial charge is 0.344 e. The maximum absolute atomic E-state index is 12.7. The van der Waals surface area contributed by atoms with Crippen LogP contribution in [0.3, 0.4) is 0 Å². The molecular formula is C16H12ClN4O+. The van der Waals surface area contributed by atoms with Gasteiger partial charge in [-0.1, -0.05) is 29.8 Å². The van der Waals surface area contributed by atoms with E-state index in [4.69, 9.17) is 11.6 Å². The summed E-state index contributed by atoms with van der Waals surface area (Å²) in [7, 11) is 1.87. The Kier molecular flexibility index (Phi) is 2.77. The SMILES string of the molecule is C[n+]1cc2ccccc2c2[nH]n(-c3ccc(Cl)nc3)c(=O)c21. The third-order valence-corrected chi connectivity index (χ3v) is 3.98. The standard InChI is InChI=1S/C16H11ClN4O/c1-20-9-10-4-2-3-5-12(10)14-15(20)16(22)21(19-14)11-6-7-13(17)18-8-11/h2-9H,1H3/p+1. The Morgan fingerprint density at radius 2 is 2.05 bits per heavy atom. The molecule has 0 saturated carbocycles. The number of aromatic amines is 1. The minimum atomic E-state index is -0.118. The van der Waals surface area contributed by atoms with E-state index in [-0.39, 0.29) is 5.56 Å². The maximum atomic E-state index is 12.7. The van der Waals surface area contributed by atoms with Crippen LogP contribution in [0.1, 0.15) is 0 Å². The van der Waals surface area contributed by atoms with Gasteiger partial charge < -0.3 is 0 Å². The number of H-pyrrole nitrogens is 1. The van der Waals surface area contributed by atoms with Gasteiger partial charge in [-0.15, -0.1) is 0 Å². The van der Waals surface area contributed by atoms with Gasteiger partial charge in [0.2, 0.25) is 0 Å². The predicted octanol–water partition coefficient (Wildman–Crippen LogP) is 2.34. The topological polar surface area (TPSA) is 54.6 Å². The molecule has 3 heterocycles. The van der Waals surface area contributed by atoms with Crippen molar-refractivity contribution >= 4 is 33.4 Å². The monoisotopic (exact) mass is 311 g/mol. The summed E-state index contributed by atoms with van der Waals surface area (Å²) in [6, 6.07) is 11.4. The number of pyridine rings is 2. The van der Waals surface area contributed by atoms with Gasteiger partial charge in [0.1, 0.15) is 17.7 Å². The van der Waals surface area contributed by atoms with Crippen LogP contribution in [0.4, 0.5) is 0 Å². The number of rotatable bonds is 1. The van der Waals surface area contributed by atoms with Crippen LogP contribution in [0.15, 0.2) is 53.6 Å². The summed E-state index contributed by atoms with van der Waals surface area (Å²) >= 11 is 5.81. The number of hydrogen-bond donors (Lipinski definition) is 1. The first-order valence-corrected chi connectivity index (χ1v) is 7.17. The quantitative estimate of drug-likeness (QED) is 0.433. The molecule has 0 radical (unpaired) electrons. The number of aromatic nitrogens is 4. The summed E-state index contributed by atoms with van der Waals surface area (Å²) in [6.45, 7) is 0. The van der Waals surface area contributed by atoms with Gasteiger partial charge in [-0.05, 0) is 18.2 Å². The van der Waals surface area contributed by atoms with Gasteiger partial charge in [0.15, 0.2) is 6.20 Å². The van der Waals surface area contributed by atoms with Crippen molar-refractivity contribution in [1.82, 2.24) is 14.8 Å². The Morgan fingerprint density at radius 3 is 2.82 bits per heavy atom. The zero-order valence-electron chi connectivity index (χ0n) is 11.7. The van der Waals surface area contributed by atoms with Crippen molar-refractivity contribution in [1.29, 1.82) is 0 Å². The molecule has 0 amide bonds. The summed E-state index contributed by atoms with van der Waals surface area (Å²) < 4.78 is 3.33. The lowest BCUT2D eigenvalue weighted by atomic mass is 10.1. The zero-order valence-corrected chi connectivity index (χ0v) is 12.5. The minimum Gasteiger partial charge on any atom is -0.284 e. The summed E-state index contributed by atoms with van der Waals surface area (Å²) in [4.78, 5) is 16.8. The van der Waals surface area contributed by atoms with Crippen molar-refractivity contribution in [2.45, 2.75) is 0 Å². The highest BCUT2D eigenvalue weighted by atomic mass is 35.5. The van der Waals surface area contributed by atoms with Gasteiger partial charge >= 0.3 is 5.56 Å². The molecule has 6 heteroatoms. The number of benzene rings is 1. The van der Waals surface area contributed by atoms with E-state index in [1.165, 1.54) is 4.68 Å². The van der Waals surface area contributed by atoms with Crippen LogP contribution >= 0.6 is 11.6 Å². The van der Waals surface area contributed by atoms with Crippen molar-refractivity contribution in [3.8, 4) is 5.69 Å². The van der Waals surface area contributed by atoms with Crippen LogP contribution in [-0.4, -0.2) is 14.8 Å². The molecule has 3 aromatic heterocycles. The Labute approximate surface area is 130 Å². The zero-order chi connectivity index (χ0) is 15.3. The molecule has 108 valence electrons. The fourth-order valence-electron chi connectivity index (χ4n) is 2.74. The molecule has 0 fully saturated rings. The molecule has 0 aliphatic rings. The number of aryl methyl sites for hydroxylation is 1. The first kappa shape index (κ1) is 13.0. The number of hydrogen-bond acceptors (Lipinski definition) is 2. The van der Waals surface area contributed by atoms with E-state index in [0.29, 0.717) is 16.4 Å². The maximum Gasteiger partial charge on any atom is 0.344 e. The van der Waals surface area contributed by atoms with Gasteiger partial charge in [-0.25, -0.2) is 9.67 Å². The predicted molar refractivity (Wildman–Crippen MR) is 85.4 cm³/mol. The molecule has 5 nitrogen and oxygen atoms in total. The molecule has 0 aliphatic heterocycles. The van der Waals surface area contributed by atoms with E-state index in [0.717, 1.165) is 16.3 Å². The van der Waals surface area contributed by atoms with Crippen LogP contribution in [0.25, 0.3) is 27.5 Å². The number of halogens is 1. The van der Waals surface area contributed by atoms with Crippen molar-refractivity contribution in [2.24, 2.45) is 7.05 Å². The first-order chi connectivity index (χ1) is 10.6. The third-order valence-electron chi connectivity index (χ3n) is 3.75. The summed E-state index contributed by atoms with van der Waals surface area (Å²) in [6.07, 6.45) is 3.53. The highest BCUT2D eigenvalue weighted by Gasteiger charge is 2.19. The molecule has 1 N–H and O–H groups in total. The lowest BCUT2D eigenvalue weighted by Gasteiger charge is -1.99. The Morgan fingerprint density at radius 1 is 1.23 bits per heavy atom. The number of nitrogens with one attached hydrogen (secondary N) is 1. The van der Waals surface area contributed by atoms with Crippen LogP contribution in [-0.2, 0) is 7.05 Å². The van der Waals surface area contributed by atoms with Crippen LogP contribution in [0.5, 0.6) is 0 Å². The normalized spacial score (nSPS) is 11.4. The molecule has 0 bridgehead atoms. The lowest BCUT2D eigenvalue weighted by Crippen LogP contribution is -2.33. The Bertz CT molecular complexity index is 1060. The van der Waals surface area contributed by atoms with E-state index in [1.807, 2.05) is 42.1 Å². The highest BCUT2D eigenvalue weighted by Crippen LogP contribution is 2.19. The molecule has 0 saturated heterocycles. The van der Waals surface area contributed by atoms with Crippen molar-refractivity contribution in [3.05, 3.63) is 64.3 Å². The van der Waals surface area contributed by atoms with E-state index < -0.39 is 0 Å². The smallest absolute Gasteiger partial charge is 0.284 e. The molecular weight excluding hydrogens is 300 g/mol. The van der Waals surface area contributed by atoms with Gasteiger partial charge in [-0.2, -0.15) is 4.57 Å². The van der Waals surface area contributed by atoms with Crippen LogP contribution in [0, 0.1) is 0 Å². The average Bonchev–Trinajstić information content (AvgIpc) is 2.87. The second kappa shape index (κ2) is 4.68. The van der Waals surface area contributed by atoms with Gasteiger partial charge in [0.25, 0.3) is 5.52 Å². The summed E-state index contributed by atoms with van der Waals surface area (Å²) in [5.41, 5.74) is 1.95. The van der Waals surface area contributed by atoms with Gasteiger partial charge in [0.05, 0.1) is 11.9 Å². The van der Waals surface area contributed by atoms with Crippen molar-refractivity contribution in [2.75, 3.05) is 0 Å². The van der Waals surface area contributed by atoms with E-state index in [1.54, 1.807) is 18.3 Å². The Balaban J connectivity index is 2.12. The fourth-order valence-corrected chi connectivity index (χ4v) is 2.85. The summed E-state index contributed by atoms with van der Waals surface area (Å²) in [5, 5.41) is 5.65. The van der Waals surface area contributed by atoms with E-state index in [9.17, 15) is 4.79 Å². The van der Waals surface area contributed by atoms with Crippen molar-refractivity contribution in [3.63, 3.8) is 0 Å². The third kappa shape index (κ3) is 1.83. The molecule has 0 unspecified atom stereocenters. The average molecular weight is 312 g/mol. The minimum absolute atomic E-state index is 0.118. The molecule has 0 atom stereocenters. The summed E-state index contributed by atoms with van der Waals surface area (Å²) in [5.74, 6) is 0. The second-order valence-corrected chi connectivity index (χ2v) is 5.53. The Hall–Kier alpha value is -2.66. The number of nitrogens with zero attached hydrogens (tertiary/aromatic N) is 3. The van der Waals surface area contributed by atoms with Crippen molar-refractivity contribution < 1.29 is 4.57 Å².